The quantitative estimate of drug-likeness (QED) is 0.409. The predicted molar refractivity (Wildman–Crippen MR) is 111 cm³/mol. The number of hydrogen-bond acceptors (Lipinski definition) is 7. The average Bonchev–Trinajstić information content (AvgIpc) is 2.79. The molecule has 0 fully saturated rings. The molecular weight excluding hydrogens is 439 g/mol. The van der Waals surface area contributed by atoms with E-state index in [1.807, 2.05) is 0 Å². The van der Waals surface area contributed by atoms with Gasteiger partial charge in [0, 0.05) is 24.4 Å². The number of carbonyl (C=O) groups excluding carboxylic acids is 1. The fraction of sp³-hybridized carbons (Fsp3) is 0.182. The summed E-state index contributed by atoms with van der Waals surface area (Å²) in [5, 5.41) is 33.8. The van der Waals surface area contributed by atoms with E-state index in [4.69, 9.17) is 0 Å². The molecule has 0 spiro atoms. The van der Waals surface area contributed by atoms with Gasteiger partial charge in [0.25, 0.3) is 0 Å². The topological polar surface area (TPSA) is 131 Å². The van der Waals surface area contributed by atoms with Crippen molar-refractivity contribution in [2.24, 2.45) is 0 Å². The summed E-state index contributed by atoms with van der Waals surface area (Å²) in [6, 6.07) is 11.0. The van der Waals surface area contributed by atoms with Gasteiger partial charge in [0.05, 0.1) is 24.2 Å². The fourth-order valence-electron chi connectivity index (χ4n) is 2.90. The van der Waals surface area contributed by atoms with Crippen LogP contribution in [0.5, 0.6) is 11.5 Å². The molecule has 11 heteroatoms. The molecule has 0 aliphatic carbocycles. The molecule has 4 N–H and O–H groups in total. The molecule has 33 heavy (non-hydrogen) atoms. The summed E-state index contributed by atoms with van der Waals surface area (Å²) in [5.41, 5.74) is -1.11. The molecule has 2 aromatic heterocycles. The maximum atomic E-state index is 14.4. The lowest BCUT2D eigenvalue weighted by Crippen LogP contribution is -2.27. The van der Waals surface area contributed by atoms with Gasteiger partial charge in [-0.05, 0) is 18.2 Å². The van der Waals surface area contributed by atoms with E-state index in [2.05, 4.69) is 20.6 Å². The fourth-order valence-corrected chi connectivity index (χ4v) is 2.90. The Morgan fingerprint density at radius 2 is 1.94 bits per heavy atom. The molecule has 1 aromatic carbocycles. The molecule has 0 aliphatic rings. The number of anilines is 1. The van der Waals surface area contributed by atoms with E-state index in [0.29, 0.717) is 0 Å². The maximum Gasteiger partial charge on any atom is 0.310 e. The number of hydrogen-bond donors (Lipinski definition) is 4. The second-order valence-corrected chi connectivity index (χ2v) is 6.94. The highest BCUT2D eigenvalue weighted by atomic mass is 19.3. The molecule has 0 aliphatic heterocycles. The summed E-state index contributed by atoms with van der Waals surface area (Å²) in [6.07, 6.45) is 0.621. The maximum absolute atomic E-state index is 14.4. The van der Waals surface area contributed by atoms with Crippen LogP contribution >= 0.6 is 0 Å². The molecule has 0 atom stereocenters. The minimum atomic E-state index is -3.59. The molecule has 1 amide bonds. The minimum absolute atomic E-state index is 0.116. The SMILES string of the molecule is N#Cc1cc(NCC(F)(F)c2ncccc2O)nc(CC(=O)NCc2ccccc2F)c1O. The number of benzene rings is 1. The summed E-state index contributed by atoms with van der Waals surface area (Å²) in [7, 11) is 0. The van der Waals surface area contributed by atoms with Crippen molar-refractivity contribution in [3.63, 3.8) is 0 Å². The predicted octanol–water partition coefficient (Wildman–Crippen LogP) is 2.96. The van der Waals surface area contributed by atoms with E-state index in [1.54, 1.807) is 12.1 Å². The Morgan fingerprint density at radius 1 is 1.18 bits per heavy atom. The zero-order valence-corrected chi connectivity index (χ0v) is 17.0. The molecule has 0 unspecified atom stereocenters. The van der Waals surface area contributed by atoms with E-state index in [1.165, 1.54) is 24.3 Å². The number of nitrogens with one attached hydrogen (secondary N) is 2. The zero-order valence-electron chi connectivity index (χ0n) is 17.0. The number of aromatic hydroxyl groups is 2. The third kappa shape index (κ3) is 5.68. The van der Waals surface area contributed by atoms with Gasteiger partial charge in [0.1, 0.15) is 23.5 Å². The van der Waals surface area contributed by atoms with Crippen LogP contribution in [0.15, 0.2) is 48.7 Å². The van der Waals surface area contributed by atoms with Gasteiger partial charge in [0.2, 0.25) is 5.91 Å². The van der Waals surface area contributed by atoms with Crippen LogP contribution in [0.25, 0.3) is 0 Å². The molecule has 3 aromatic rings. The third-order valence-corrected chi connectivity index (χ3v) is 4.57. The van der Waals surface area contributed by atoms with Crippen LogP contribution in [0.4, 0.5) is 19.0 Å². The highest BCUT2D eigenvalue weighted by Crippen LogP contribution is 2.33. The number of halogens is 3. The molecule has 3 rings (SSSR count). The average molecular weight is 457 g/mol. The number of amides is 1. The number of carbonyl (C=O) groups is 1. The molecule has 0 bridgehead atoms. The number of rotatable bonds is 8. The molecule has 0 saturated carbocycles. The van der Waals surface area contributed by atoms with Crippen LogP contribution < -0.4 is 10.6 Å². The first kappa shape index (κ1) is 23.3. The summed E-state index contributed by atoms with van der Waals surface area (Å²) in [6.45, 7) is -1.14. The van der Waals surface area contributed by atoms with E-state index in [9.17, 15) is 33.4 Å². The van der Waals surface area contributed by atoms with Crippen molar-refractivity contribution < 1.29 is 28.2 Å². The van der Waals surface area contributed by atoms with Crippen molar-refractivity contribution in [2.45, 2.75) is 18.9 Å². The summed E-state index contributed by atoms with van der Waals surface area (Å²) in [5.74, 6) is -6.18. The Hall–Kier alpha value is -4.33. The molecule has 170 valence electrons. The van der Waals surface area contributed by atoms with Gasteiger partial charge < -0.3 is 20.8 Å². The second-order valence-electron chi connectivity index (χ2n) is 6.94. The van der Waals surface area contributed by atoms with Crippen molar-refractivity contribution in [3.05, 3.63) is 77.0 Å². The van der Waals surface area contributed by atoms with Crippen molar-refractivity contribution in [1.29, 1.82) is 5.26 Å². The Labute approximate surface area is 186 Å². The summed E-state index contributed by atoms with van der Waals surface area (Å²) >= 11 is 0. The second kappa shape index (κ2) is 9.86. The van der Waals surface area contributed by atoms with E-state index < -0.39 is 47.8 Å². The molecule has 2 heterocycles. The van der Waals surface area contributed by atoms with Crippen LogP contribution in [0.2, 0.25) is 0 Å². The highest BCUT2D eigenvalue weighted by Gasteiger charge is 2.36. The van der Waals surface area contributed by atoms with Gasteiger partial charge in [-0.15, -0.1) is 0 Å². The third-order valence-electron chi connectivity index (χ3n) is 4.57. The minimum Gasteiger partial charge on any atom is -0.506 e. The number of nitriles is 1. The van der Waals surface area contributed by atoms with Crippen LogP contribution in [-0.2, 0) is 23.7 Å². The van der Waals surface area contributed by atoms with Gasteiger partial charge in [-0.1, -0.05) is 18.2 Å². The summed E-state index contributed by atoms with van der Waals surface area (Å²) in [4.78, 5) is 19.7. The highest BCUT2D eigenvalue weighted by molar-refractivity contribution is 5.79. The van der Waals surface area contributed by atoms with Crippen LogP contribution in [-0.4, -0.2) is 32.6 Å². The van der Waals surface area contributed by atoms with Gasteiger partial charge in [0.15, 0.2) is 11.4 Å². The molecule has 0 radical (unpaired) electrons. The lowest BCUT2D eigenvalue weighted by atomic mass is 10.1. The molecule has 8 nitrogen and oxygen atoms in total. The Bertz CT molecular complexity index is 1210. The van der Waals surface area contributed by atoms with Crippen LogP contribution in [0, 0.1) is 17.1 Å². The van der Waals surface area contributed by atoms with Crippen molar-refractivity contribution in [2.75, 3.05) is 11.9 Å². The molecular formula is C22H18F3N5O3. The first-order valence-corrected chi connectivity index (χ1v) is 9.60. The monoisotopic (exact) mass is 457 g/mol. The van der Waals surface area contributed by atoms with E-state index in [-0.39, 0.29) is 29.2 Å². The zero-order chi connectivity index (χ0) is 24.0. The first-order valence-electron chi connectivity index (χ1n) is 9.60. The number of alkyl halides is 2. The molecule has 0 saturated heterocycles. The Kier molecular flexibility index (Phi) is 6.97. The Morgan fingerprint density at radius 3 is 2.64 bits per heavy atom. The van der Waals surface area contributed by atoms with Gasteiger partial charge in [-0.25, -0.2) is 9.37 Å². The smallest absolute Gasteiger partial charge is 0.310 e. The van der Waals surface area contributed by atoms with Gasteiger partial charge in [-0.2, -0.15) is 14.0 Å². The van der Waals surface area contributed by atoms with Crippen molar-refractivity contribution >= 4 is 11.7 Å². The Balaban J connectivity index is 1.73. The number of pyridine rings is 2. The largest absolute Gasteiger partial charge is 0.506 e. The van der Waals surface area contributed by atoms with Gasteiger partial charge in [-0.3, -0.25) is 9.78 Å². The van der Waals surface area contributed by atoms with E-state index >= 15 is 0 Å². The van der Waals surface area contributed by atoms with Crippen molar-refractivity contribution in [3.8, 4) is 17.6 Å². The summed E-state index contributed by atoms with van der Waals surface area (Å²) < 4.78 is 42.6. The number of nitrogens with zero attached hydrogens (tertiary/aromatic N) is 3. The van der Waals surface area contributed by atoms with Crippen LogP contribution in [0.3, 0.4) is 0 Å². The lowest BCUT2D eigenvalue weighted by molar-refractivity contribution is -0.120. The first-order chi connectivity index (χ1) is 15.7. The standard InChI is InChI=1S/C22H18F3N5O3/c23-15-5-2-1-4-13(15)11-28-19(32)9-16-20(33)14(10-26)8-18(30-16)29-12-22(24,25)21-17(31)6-3-7-27-21/h1-8,31,33H,9,11-12H2,(H,28,32)(H,29,30). The van der Waals surface area contributed by atoms with Gasteiger partial charge >= 0.3 is 5.92 Å². The van der Waals surface area contributed by atoms with E-state index in [0.717, 1.165) is 18.3 Å². The van der Waals surface area contributed by atoms with Crippen LogP contribution in [0.1, 0.15) is 22.5 Å². The number of aromatic nitrogens is 2. The lowest BCUT2D eigenvalue weighted by Gasteiger charge is -2.18. The normalized spacial score (nSPS) is 11.0. The van der Waals surface area contributed by atoms with Crippen molar-refractivity contribution in [1.82, 2.24) is 15.3 Å².